The summed E-state index contributed by atoms with van der Waals surface area (Å²) in [4.78, 5) is 16.6. The summed E-state index contributed by atoms with van der Waals surface area (Å²) >= 11 is 5.96. The van der Waals surface area contributed by atoms with Crippen LogP contribution in [0.1, 0.15) is 25.2 Å². The van der Waals surface area contributed by atoms with Crippen LogP contribution in [0.25, 0.3) is 11.4 Å². The first-order valence-electron chi connectivity index (χ1n) is 8.23. The number of nitrogens with one attached hydrogen (secondary N) is 1. The van der Waals surface area contributed by atoms with E-state index in [1.54, 1.807) is 12.1 Å². The van der Waals surface area contributed by atoms with E-state index < -0.39 is 0 Å². The number of rotatable bonds is 6. The molecule has 2 aromatic rings. The van der Waals surface area contributed by atoms with Crippen molar-refractivity contribution in [3.8, 4) is 11.4 Å². The Kier molecular flexibility index (Phi) is 7.23. The van der Waals surface area contributed by atoms with Gasteiger partial charge in [0, 0.05) is 29.5 Å². The lowest BCUT2D eigenvalue weighted by Gasteiger charge is -2.16. The van der Waals surface area contributed by atoms with Gasteiger partial charge in [0.05, 0.1) is 0 Å². The molecule has 0 bridgehead atoms. The maximum absolute atomic E-state index is 12.2. The van der Waals surface area contributed by atoms with Crippen molar-refractivity contribution in [2.45, 2.75) is 25.7 Å². The summed E-state index contributed by atoms with van der Waals surface area (Å²) < 4.78 is 5.23. The van der Waals surface area contributed by atoms with Crippen molar-refractivity contribution in [1.29, 1.82) is 0 Å². The van der Waals surface area contributed by atoms with Gasteiger partial charge in [-0.15, -0.1) is 12.4 Å². The molecule has 1 fully saturated rings. The van der Waals surface area contributed by atoms with Gasteiger partial charge in [0.25, 0.3) is 0 Å². The zero-order valence-corrected chi connectivity index (χ0v) is 15.4. The minimum absolute atomic E-state index is 0. The van der Waals surface area contributed by atoms with Gasteiger partial charge < -0.3 is 15.6 Å². The monoisotopic (exact) mass is 384 g/mol. The van der Waals surface area contributed by atoms with Crippen molar-refractivity contribution in [3.63, 3.8) is 0 Å². The molecule has 3 rings (SSSR count). The Balaban J connectivity index is 0.00000225. The topological polar surface area (TPSA) is 94.0 Å². The number of hydrogen-bond donors (Lipinski definition) is 2. The maximum atomic E-state index is 12.2. The van der Waals surface area contributed by atoms with Gasteiger partial charge in [-0.3, -0.25) is 4.79 Å². The highest BCUT2D eigenvalue weighted by Crippen LogP contribution is 2.30. The van der Waals surface area contributed by atoms with Crippen LogP contribution in [-0.4, -0.2) is 29.1 Å². The Bertz CT molecular complexity index is 707. The minimum atomic E-state index is 0. The van der Waals surface area contributed by atoms with Gasteiger partial charge in [0.1, 0.15) is 0 Å². The second kappa shape index (κ2) is 9.17. The predicted molar refractivity (Wildman–Crippen MR) is 98.6 cm³/mol. The Morgan fingerprint density at radius 1 is 1.40 bits per heavy atom. The third kappa shape index (κ3) is 4.93. The summed E-state index contributed by atoms with van der Waals surface area (Å²) in [7, 11) is 0. The van der Waals surface area contributed by atoms with Crippen LogP contribution in [0.3, 0.4) is 0 Å². The predicted octanol–water partition coefficient (Wildman–Crippen LogP) is 2.85. The van der Waals surface area contributed by atoms with Crippen molar-refractivity contribution in [1.82, 2.24) is 15.5 Å². The number of carbonyl (C=O) groups is 1. The Hall–Kier alpha value is -1.63. The molecule has 1 aromatic carbocycles. The summed E-state index contributed by atoms with van der Waals surface area (Å²) in [5.74, 6) is 1.42. The van der Waals surface area contributed by atoms with Crippen molar-refractivity contribution >= 4 is 29.9 Å². The lowest BCUT2D eigenvalue weighted by atomic mass is 9.95. The molecule has 0 radical (unpaired) electrons. The molecule has 1 aromatic heterocycles. The molecule has 0 unspecified atom stereocenters. The molecule has 1 aliphatic rings. The minimum Gasteiger partial charge on any atom is -0.355 e. The molecule has 0 spiro atoms. The first kappa shape index (κ1) is 19.7. The Morgan fingerprint density at radius 2 is 2.24 bits per heavy atom. The largest absolute Gasteiger partial charge is 0.355 e. The maximum Gasteiger partial charge on any atom is 0.228 e. The lowest BCUT2D eigenvalue weighted by Crippen LogP contribution is -2.36. The van der Waals surface area contributed by atoms with E-state index in [1.165, 1.54) is 0 Å². The van der Waals surface area contributed by atoms with E-state index in [4.69, 9.17) is 21.9 Å². The van der Waals surface area contributed by atoms with Crippen molar-refractivity contribution in [2.75, 3.05) is 13.1 Å². The van der Waals surface area contributed by atoms with Crippen molar-refractivity contribution < 1.29 is 9.32 Å². The van der Waals surface area contributed by atoms with E-state index in [0.29, 0.717) is 42.2 Å². The van der Waals surface area contributed by atoms with Crippen LogP contribution in [0.15, 0.2) is 28.8 Å². The molecule has 8 heteroatoms. The molecule has 1 saturated carbocycles. The van der Waals surface area contributed by atoms with Crippen molar-refractivity contribution in [3.05, 3.63) is 35.2 Å². The molecule has 0 aliphatic heterocycles. The highest BCUT2D eigenvalue weighted by Gasteiger charge is 2.31. The van der Waals surface area contributed by atoms with Gasteiger partial charge in [-0.1, -0.05) is 35.3 Å². The number of nitrogens with two attached hydrogens (primary N) is 1. The van der Waals surface area contributed by atoms with Gasteiger partial charge in [0.2, 0.25) is 17.6 Å². The summed E-state index contributed by atoms with van der Waals surface area (Å²) in [5, 5.41) is 7.53. The van der Waals surface area contributed by atoms with Gasteiger partial charge >= 0.3 is 0 Å². The number of nitrogens with zero attached hydrogens (tertiary/aromatic N) is 2. The standard InChI is InChI=1S/C17H21ClN4O2.ClH/c18-13-5-1-3-11(9-13)16-21-15(24-22-16)7-8-20-17(23)14-6-2-4-12(14)10-19;/h1,3,5,9,12,14H,2,4,6-8,10,19H2,(H,20,23);1H/t12-,14-;/m1./s1. The Labute approximate surface area is 157 Å². The third-order valence-corrected chi connectivity index (χ3v) is 4.72. The summed E-state index contributed by atoms with van der Waals surface area (Å²) in [6, 6.07) is 7.28. The van der Waals surface area contributed by atoms with Crippen molar-refractivity contribution in [2.24, 2.45) is 17.6 Å². The molecule has 6 nitrogen and oxygen atoms in total. The van der Waals surface area contributed by atoms with Crippen LogP contribution in [0.2, 0.25) is 5.02 Å². The van der Waals surface area contributed by atoms with Crippen LogP contribution in [0.4, 0.5) is 0 Å². The van der Waals surface area contributed by atoms with Gasteiger partial charge in [0.15, 0.2) is 0 Å². The van der Waals surface area contributed by atoms with E-state index in [-0.39, 0.29) is 24.2 Å². The number of amides is 1. The molecule has 25 heavy (non-hydrogen) atoms. The van der Waals surface area contributed by atoms with Crippen LogP contribution in [0.5, 0.6) is 0 Å². The normalized spacial score (nSPS) is 19.4. The van der Waals surface area contributed by atoms with Crippen LogP contribution in [0, 0.1) is 11.8 Å². The number of aromatic nitrogens is 2. The summed E-state index contributed by atoms with van der Waals surface area (Å²) in [5.41, 5.74) is 6.53. The lowest BCUT2D eigenvalue weighted by molar-refractivity contribution is -0.125. The second-order valence-electron chi connectivity index (χ2n) is 6.10. The number of carbonyl (C=O) groups excluding carboxylic acids is 1. The van der Waals surface area contributed by atoms with E-state index in [0.717, 1.165) is 24.8 Å². The number of halogens is 2. The highest BCUT2D eigenvalue weighted by molar-refractivity contribution is 6.30. The van der Waals surface area contributed by atoms with Gasteiger partial charge in [-0.2, -0.15) is 4.98 Å². The molecule has 1 heterocycles. The molecule has 2 atom stereocenters. The molecular weight excluding hydrogens is 363 g/mol. The van der Waals surface area contributed by atoms with E-state index in [1.807, 2.05) is 12.1 Å². The van der Waals surface area contributed by atoms with E-state index >= 15 is 0 Å². The molecule has 3 N–H and O–H groups in total. The first-order chi connectivity index (χ1) is 11.7. The van der Waals surface area contributed by atoms with E-state index in [9.17, 15) is 4.79 Å². The van der Waals surface area contributed by atoms with Crippen LogP contribution < -0.4 is 11.1 Å². The highest BCUT2D eigenvalue weighted by atomic mass is 35.5. The third-order valence-electron chi connectivity index (χ3n) is 4.49. The zero-order valence-electron chi connectivity index (χ0n) is 13.8. The molecular formula is C17H22Cl2N4O2. The molecule has 1 aliphatic carbocycles. The zero-order chi connectivity index (χ0) is 16.9. The van der Waals surface area contributed by atoms with Gasteiger partial charge in [-0.05, 0) is 37.4 Å². The Morgan fingerprint density at radius 3 is 3.00 bits per heavy atom. The van der Waals surface area contributed by atoms with Crippen LogP contribution >= 0.6 is 24.0 Å². The average Bonchev–Trinajstić information content (AvgIpc) is 3.24. The fraction of sp³-hybridized carbons (Fsp3) is 0.471. The fourth-order valence-corrected chi connectivity index (χ4v) is 3.38. The SMILES string of the molecule is Cl.NC[C@H]1CCC[C@H]1C(=O)NCCc1nc(-c2cccc(Cl)c2)no1. The number of benzene rings is 1. The van der Waals surface area contributed by atoms with Gasteiger partial charge in [-0.25, -0.2) is 0 Å². The molecule has 136 valence electrons. The second-order valence-corrected chi connectivity index (χ2v) is 6.53. The summed E-state index contributed by atoms with van der Waals surface area (Å²) in [6.07, 6.45) is 3.54. The van der Waals surface area contributed by atoms with E-state index in [2.05, 4.69) is 15.5 Å². The quantitative estimate of drug-likeness (QED) is 0.798. The summed E-state index contributed by atoms with van der Waals surface area (Å²) in [6.45, 7) is 1.05. The molecule has 0 saturated heterocycles. The molecule has 1 amide bonds. The smallest absolute Gasteiger partial charge is 0.228 e. The first-order valence-corrected chi connectivity index (χ1v) is 8.61. The van der Waals surface area contributed by atoms with Crippen LogP contribution in [-0.2, 0) is 11.2 Å². The average molecular weight is 385 g/mol. The fourth-order valence-electron chi connectivity index (χ4n) is 3.19. The number of hydrogen-bond acceptors (Lipinski definition) is 5.